The zero-order valence-electron chi connectivity index (χ0n) is 14.4. The molecule has 27 heavy (non-hydrogen) atoms. The van der Waals surface area contributed by atoms with Gasteiger partial charge in [0.1, 0.15) is 11.5 Å². The second kappa shape index (κ2) is 10.4. The smallest absolute Gasteiger partial charge is 0.259 e. The zero-order valence-corrected chi connectivity index (χ0v) is 15.9. The van der Waals surface area contributed by atoms with Gasteiger partial charge in [-0.3, -0.25) is 9.59 Å². The Balaban J connectivity index is 1.69. The van der Waals surface area contributed by atoms with Crippen LogP contribution in [0.1, 0.15) is 5.56 Å². The number of carbonyl (C=O) groups is 2. The van der Waals surface area contributed by atoms with Gasteiger partial charge in [0, 0.05) is 5.02 Å². The minimum Gasteiger partial charge on any atom is -0.497 e. The lowest BCUT2D eigenvalue weighted by atomic mass is 10.2. The summed E-state index contributed by atoms with van der Waals surface area (Å²) in [6, 6.07) is 11.8. The first-order valence-corrected chi connectivity index (χ1v) is 8.54. The monoisotopic (exact) mass is 409 g/mol. The van der Waals surface area contributed by atoms with Crippen LogP contribution in [0.4, 0.5) is 0 Å². The van der Waals surface area contributed by atoms with E-state index in [1.807, 2.05) is 0 Å². The maximum absolute atomic E-state index is 11.7. The van der Waals surface area contributed by atoms with E-state index in [1.165, 1.54) is 12.3 Å². The summed E-state index contributed by atoms with van der Waals surface area (Å²) in [5, 5.41) is 6.98. The quantitative estimate of drug-likeness (QED) is 0.517. The van der Waals surface area contributed by atoms with Crippen molar-refractivity contribution in [3.05, 3.63) is 58.1 Å². The van der Waals surface area contributed by atoms with E-state index in [2.05, 4.69) is 15.8 Å². The van der Waals surface area contributed by atoms with E-state index in [-0.39, 0.29) is 13.2 Å². The molecule has 0 spiro atoms. The van der Waals surface area contributed by atoms with Crippen LogP contribution in [0.5, 0.6) is 11.5 Å². The number of halogens is 2. The predicted octanol–water partition coefficient (Wildman–Crippen LogP) is 2.65. The molecule has 7 nitrogen and oxygen atoms in total. The molecule has 2 rings (SSSR count). The lowest BCUT2D eigenvalue weighted by molar-refractivity contribution is -0.127. The molecule has 0 fully saturated rings. The number of carbonyl (C=O) groups excluding carboxylic acids is 2. The topological polar surface area (TPSA) is 89.0 Å². The zero-order chi connectivity index (χ0) is 19.6. The van der Waals surface area contributed by atoms with Crippen LogP contribution in [0.3, 0.4) is 0 Å². The largest absolute Gasteiger partial charge is 0.497 e. The summed E-state index contributed by atoms with van der Waals surface area (Å²) in [5.41, 5.74) is 3.10. The van der Waals surface area contributed by atoms with E-state index < -0.39 is 11.8 Å². The number of ether oxygens (including phenoxy) is 2. The molecule has 0 aliphatic carbocycles. The fraction of sp³-hybridized carbons (Fsp3) is 0.167. The number of methoxy groups -OCH3 is 1. The molecule has 9 heteroatoms. The third-order valence-corrected chi connectivity index (χ3v) is 3.75. The van der Waals surface area contributed by atoms with Gasteiger partial charge >= 0.3 is 0 Å². The highest BCUT2D eigenvalue weighted by atomic mass is 35.5. The third-order valence-electron chi connectivity index (χ3n) is 3.22. The van der Waals surface area contributed by atoms with Crippen LogP contribution in [-0.2, 0) is 9.59 Å². The number of benzene rings is 2. The standard InChI is InChI=1S/C18H17Cl2N3O4/c1-26-14-5-2-12(3-6-14)9-22-23-17(24)10-21-18(25)11-27-16-7-4-13(19)8-15(16)20/h2-9H,10-11H2,1H3,(H,21,25)(H,23,24)/b22-9+. The molecular weight excluding hydrogens is 393 g/mol. The van der Waals surface area contributed by atoms with Gasteiger partial charge in [0.15, 0.2) is 6.61 Å². The lowest BCUT2D eigenvalue weighted by Gasteiger charge is -2.08. The van der Waals surface area contributed by atoms with Gasteiger partial charge in [-0.2, -0.15) is 5.10 Å². The fourth-order valence-electron chi connectivity index (χ4n) is 1.87. The normalized spacial score (nSPS) is 10.5. The van der Waals surface area contributed by atoms with Crippen molar-refractivity contribution < 1.29 is 19.1 Å². The van der Waals surface area contributed by atoms with Crippen molar-refractivity contribution in [1.82, 2.24) is 10.7 Å². The molecule has 2 aromatic rings. The van der Waals surface area contributed by atoms with Gasteiger partial charge in [-0.15, -0.1) is 0 Å². The van der Waals surface area contributed by atoms with Crippen LogP contribution in [-0.4, -0.2) is 38.3 Å². The van der Waals surface area contributed by atoms with Crippen LogP contribution < -0.4 is 20.2 Å². The molecule has 0 heterocycles. The molecule has 2 amide bonds. The maximum atomic E-state index is 11.7. The highest BCUT2D eigenvalue weighted by Crippen LogP contribution is 2.27. The molecule has 0 bridgehead atoms. The molecule has 0 aliphatic heterocycles. The molecule has 0 aromatic heterocycles. The Bertz CT molecular complexity index is 826. The third kappa shape index (κ3) is 7.16. The Morgan fingerprint density at radius 3 is 2.52 bits per heavy atom. The summed E-state index contributed by atoms with van der Waals surface area (Å²) in [6.45, 7) is -0.528. The molecule has 0 unspecified atom stereocenters. The van der Waals surface area contributed by atoms with Crippen LogP contribution in [0, 0.1) is 0 Å². The van der Waals surface area contributed by atoms with Crippen LogP contribution in [0.25, 0.3) is 0 Å². The Kier molecular flexibility index (Phi) is 7.91. The molecule has 0 saturated heterocycles. The van der Waals surface area contributed by atoms with E-state index in [9.17, 15) is 9.59 Å². The van der Waals surface area contributed by atoms with Gasteiger partial charge in [-0.1, -0.05) is 23.2 Å². The molecule has 0 atom stereocenters. The Morgan fingerprint density at radius 2 is 1.85 bits per heavy atom. The average molecular weight is 410 g/mol. The summed E-state index contributed by atoms with van der Waals surface area (Å²) < 4.78 is 10.3. The SMILES string of the molecule is COc1ccc(/C=N/NC(=O)CNC(=O)COc2ccc(Cl)cc2Cl)cc1. The number of hydrogen-bond acceptors (Lipinski definition) is 5. The van der Waals surface area contributed by atoms with E-state index >= 15 is 0 Å². The van der Waals surface area contributed by atoms with Crippen molar-refractivity contribution in [3.63, 3.8) is 0 Å². The molecule has 2 N–H and O–H groups in total. The molecule has 142 valence electrons. The van der Waals surface area contributed by atoms with Crippen molar-refractivity contribution in [3.8, 4) is 11.5 Å². The van der Waals surface area contributed by atoms with E-state index in [0.717, 1.165) is 11.3 Å². The second-order valence-electron chi connectivity index (χ2n) is 5.21. The van der Waals surface area contributed by atoms with E-state index in [4.69, 9.17) is 32.7 Å². The van der Waals surface area contributed by atoms with Crippen molar-refractivity contribution in [2.45, 2.75) is 0 Å². The van der Waals surface area contributed by atoms with Gasteiger partial charge in [-0.05, 0) is 48.0 Å². The minimum atomic E-state index is -0.477. The summed E-state index contributed by atoms with van der Waals surface area (Å²) in [5.74, 6) is 0.0960. The second-order valence-corrected chi connectivity index (χ2v) is 6.05. The van der Waals surface area contributed by atoms with Crippen LogP contribution in [0.2, 0.25) is 10.0 Å². The minimum absolute atomic E-state index is 0.240. The first-order valence-electron chi connectivity index (χ1n) is 7.78. The van der Waals surface area contributed by atoms with Crippen molar-refractivity contribution in [2.24, 2.45) is 5.10 Å². The van der Waals surface area contributed by atoms with Gasteiger partial charge < -0.3 is 14.8 Å². The van der Waals surface area contributed by atoms with E-state index in [0.29, 0.717) is 15.8 Å². The van der Waals surface area contributed by atoms with Crippen molar-refractivity contribution in [2.75, 3.05) is 20.3 Å². The number of nitrogens with zero attached hydrogens (tertiary/aromatic N) is 1. The first-order chi connectivity index (χ1) is 13.0. The molecule has 2 aromatic carbocycles. The van der Waals surface area contributed by atoms with Gasteiger partial charge in [0.2, 0.25) is 0 Å². The molecule has 0 aliphatic rings. The summed E-state index contributed by atoms with van der Waals surface area (Å²) >= 11 is 11.7. The molecule has 0 saturated carbocycles. The number of nitrogens with one attached hydrogen (secondary N) is 2. The summed E-state index contributed by atoms with van der Waals surface area (Å²) in [7, 11) is 1.58. The number of hydrogen-bond donors (Lipinski definition) is 2. The average Bonchev–Trinajstić information content (AvgIpc) is 2.66. The number of amides is 2. The highest BCUT2D eigenvalue weighted by Gasteiger charge is 2.08. The van der Waals surface area contributed by atoms with E-state index in [1.54, 1.807) is 43.5 Å². The van der Waals surface area contributed by atoms with Crippen molar-refractivity contribution in [1.29, 1.82) is 0 Å². The number of rotatable bonds is 8. The predicted molar refractivity (Wildman–Crippen MR) is 104 cm³/mol. The Labute approximate surface area is 166 Å². The van der Waals surface area contributed by atoms with Crippen LogP contribution >= 0.6 is 23.2 Å². The highest BCUT2D eigenvalue weighted by molar-refractivity contribution is 6.35. The molecular formula is C18H17Cl2N3O4. The lowest BCUT2D eigenvalue weighted by Crippen LogP contribution is -2.37. The Hall–Kier alpha value is -2.77. The Morgan fingerprint density at radius 1 is 1.11 bits per heavy atom. The van der Waals surface area contributed by atoms with Gasteiger partial charge in [0.25, 0.3) is 11.8 Å². The van der Waals surface area contributed by atoms with Gasteiger partial charge in [0.05, 0.1) is 24.9 Å². The fourth-order valence-corrected chi connectivity index (χ4v) is 2.34. The van der Waals surface area contributed by atoms with Gasteiger partial charge in [-0.25, -0.2) is 5.43 Å². The van der Waals surface area contributed by atoms with Crippen molar-refractivity contribution >= 4 is 41.2 Å². The maximum Gasteiger partial charge on any atom is 0.259 e. The summed E-state index contributed by atoms with van der Waals surface area (Å²) in [4.78, 5) is 23.4. The number of hydrazone groups is 1. The molecule has 0 radical (unpaired) electrons. The summed E-state index contributed by atoms with van der Waals surface area (Å²) in [6.07, 6.45) is 1.48. The van der Waals surface area contributed by atoms with Crippen LogP contribution in [0.15, 0.2) is 47.6 Å². The first kappa shape index (κ1) is 20.5.